The van der Waals surface area contributed by atoms with Crippen LogP contribution in [0.4, 0.5) is 0 Å². The minimum atomic E-state index is -3.89. The van der Waals surface area contributed by atoms with E-state index in [-0.39, 0.29) is 37.1 Å². The fourth-order valence-corrected chi connectivity index (χ4v) is 1.27. The van der Waals surface area contributed by atoms with Crippen LogP contribution < -0.4 is 29.6 Å². The summed E-state index contributed by atoms with van der Waals surface area (Å²) in [6, 6.07) is 9.38. The van der Waals surface area contributed by atoms with Crippen LogP contribution in [0.5, 0.6) is 0 Å². The number of hydrogen-bond donors (Lipinski definition) is 2. The molecule has 72 valence electrons. The van der Waals surface area contributed by atoms with Gasteiger partial charge < -0.3 is 11.2 Å². The maximum absolute atomic E-state index is 10.5. The van der Waals surface area contributed by atoms with Gasteiger partial charge in [-0.05, 0) is 5.56 Å². The van der Waals surface area contributed by atoms with Crippen molar-refractivity contribution in [3.8, 4) is 0 Å². The molecule has 14 heavy (non-hydrogen) atoms. The van der Waals surface area contributed by atoms with Crippen LogP contribution in [0, 0.1) is 0 Å². The fraction of sp³-hybridized carbons (Fsp3) is 0.111. The van der Waals surface area contributed by atoms with Gasteiger partial charge in [-0.1, -0.05) is 42.5 Å². The Morgan fingerprint density at radius 3 is 2.36 bits per heavy atom. The van der Waals surface area contributed by atoms with Gasteiger partial charge in [-0.25, -0.2) is 0 Å². The number of benzene rings is 1. The van der Waals surface area contributed by atoms with Gasteiger partial charge in [-0.2, -0.15) is 0 Å². The first-order valence-corrected chi connectivity index (χ1v) is 5.64. The van der Waals surface area contributed by atoms with E-state index in [1.54, 1.807) is 6.08 Å². The molecule has 0 heterocycles. The van der Waals surface area contributed by atoms with Gasteiger partial charge in [0.2, 0.25) is 0 Å². The average molecular weight is 222 g/mol. The Hall–Kier alpha value is 0.110. The first-order valence-electron chi connectivity index (χ1n) is 3.84. The molecule has 2 N–H and O–H groups in total. The average Bonchev–Trinajstić information content (AvgIpc) is 2.04. The molecule has 1 aromatic rings. The van der Waals surface area contributed by atoms with Crippen LogP contribution in [0.15, 0.2) is 36.4 Å². The zero-order valence-corrected chi connectivity index (χ0v) is 10.9. The Morgan fingerprint density at radius 2 is 1.86 bits per heavy atom. The second-order valence-electron chi connectivity index (χ2n) is 2.66. The minimum absolute atomic E-state index is 0. The third-order valence-corrected chi connectivity index (χ3v) is 2.14. The van der Waals surface area contributed by atoms with E-state index in [2.05, 4.69) is 0 Å². The van der Waals surface area contributed by atoms with E-state index in [1.165, 1.54) is 6.08 Å². The van der Waals surface area contributed by atoms with Crippen molar-refractivity contribution in [2.75, 3.05) is 6.16 Å². The van der Waals surface area contributed by atoms with Crippen molar-refractivity contribution in [3.63, 3.8) is 0 Å². The van der Waals surface area contributed by atoms with Gasteiger partial charge in [0.05, 0.1) is 6.16 Å². The van der Waals surface area contributed by atoms with Crippen molar-refractivity contribution in [1.82, 2.24) is 0 Å². The Balaban J connectivity index is 0. The molecular formula is C9H12NaO3P. The maximum atomic E-state index is 10.5. The van der Waals surface area contributed by atoms with Gasteiger partial charge in [0.1, 0.15) is 0 Å². The summed E-state index contributed by atoms with van der Waals surface area (Å²) >= 11 is 0. The molecular weight excluding hydrogens is 210 g/mol. The smallest absolute Gasteiger partial charge is 1.00 e. The van der Waals surface area contributed by atoms with Crippen molar-refractivity contribution in [1.29, 1.82) is 0 Å². The van der Waals surface area contributed by atoms with Crippen molar-refractivity contribution >= 4 is 13.7 Å². The van der Waals surface area contributed by atoms with Crippen LogP contribution in [-0.4, -0.2) is 15.9 Å². The van der Waals surface area contributed by atoms with E-state index >= 15 is 0 Å². The molecule has 0 spiro atoms. The summed E-state index contributed by atoms with van der Waals surface area (Å²) in [6.07, 6.45) is 2.97. The summed E-state index contributed by atoms with van der Waals surface area (Å²) in [5.74, 6) is 0. The zero-order chi connectivity index (χ0) is 9.73. The monoisotopic (exact) mass is 222 g/mol. The van der Waals surface area contributed by atoms with E-state index in [4.69, 9.17) is 9.79 Å². The molecule has 0 unspecified atom stereocenters. The fourth-order valence-electron chi connectivity index (χ4n) is 0.890. The van der Waals surface area contributed by atoms with Gasteiger partial charge in [0, 0.05) is 0 Å². The van der Waals surface area contributed by atoms with Crippen LogP contribution in [-0.2, 0) is 4.57 Å². The summed E-state index contributed by atoms with van der Waals surface area (Å²) in [6.45, 7) is 0. The molecule has 0 atom stereocenters. The first kappa shape index (κ1) is 14.1. The molecule has 0 bridgehead atoms. The van der Waals surface area contributed by atoms with E-state index < -0.39 is 7.60 Å². The van der Waals surface area contributed by atoms with Crippen LogP contribution >= 0.6 is 7.60 Å². The summed E-state index contributed by atoms with van der Waals surface area (Å²) in [7, 11) is -3.89. The molecule has 0 aliphatic carbocycles. The van der Waals surface area contributed by atoms with Crippen LogP contribution in [0.3, 0.4) is 0 Å². The summed E-state index contributed by atoms with van der Waals surface area (Å²) < 4.78 is 10.5. The SMILES string of the molecule is O=P(O)(O)C/C=C/c1ccccc1.[H-].[Na+]. The summed E-state index contributed by atoms with van der Waals surface area (Å²) in [5.41, 5.74) is 0.941. The maximum Gasteiger partial charge on any atom is 1.00 e. The minimum Gasteiger partial charge on any atom is -1.00 e. The van der Waals surface area contributed by atoms with Gasteiger partial charge in [-0.3, -0.25) is 4.57 Å². The number of allylic oxidation sites excluding steroid dienone is 1. The largest absolute Gasteiger partial charge is 1.00 e. The van der Waals surface area contributed by atoms with Crippen molar-refractivity contribution in [2.24, 2.45) is 0 Å². The van der Waals surface area contributed by atoms with E-state index in [1.807, 2.05) is 30.3 Å². The van der Waals surface area contributed by atoms with Crippen LogP contribution in [0.1, 0.15) is 6.99 Å². The van der Waals surface area contributed by atoms with Crippen molar-refractivity contribution in [2.45, 2.75) is 0 Å². The van der Waals surface area contributed by atoms with Gasteiger partial charge in [-0.15, -0.1) is 0 Å². The molecule has 0 radical (unpaired) electrons. The van der Waals surface area contributed by atoms with E-state index in [0.29, 0.717) is 0 Å². The predicted octanol–water partition coefficient (Wildman–Crippen LogP) is -1.01. The first-order chi connectivity index (χ1) is 6.08. The molecule has 0 fully saturated rings. The van der Waals surface area contributed by atoms with E-state index in [0.717, 1.165) is 5.56 Å². The van der Waals surface area contributed by atoms with Crippen LogP contribution in [0.2, 0.25) is 0 Å². The Kier molecular flexibility index (Phi) is 6.62. The molecule has 0 saturated heterocycles. The topological polar surface area (TPSA) is 57.5 Å². The molecule has 0 amide bonds. The van der Waals surface area contributed by atoms with Gasteiger partial charge in [0.25, 0.3) is 0 Å². The molecule has 1 aromatic carbocycles. The summed E-state index contributed by atoms with van der Waals surface area (Å²) in [4.78, 5) is 17.1. The van der Waals surface area contributed by atoms with Crippen molar-refractivity contribution < 1.29 is 45.3 Å². The quantitative estimate of drug-likeness (QED) is 0.509. The third kappa shape index (κ3) is 6.55. The van der Waals surface area contributed by atoms with E-state index in [9.17, 15) is 4.57 Å². The number of hydrogen-bond acceptors (Lipinski definition) is 1. The van der Waals surface area contributed by atoms with Gasteiger partial charge in [0.15, 0.2) is 0 Å². The predicted molar refractivity (Wildman–Crippen MR) is 53.5 cm³/mol. The Labute approximate surface area is 107 Å². The molecule has 5 heteroatoms. The Bertz CT molecular complexity index is 336. The molecule has 0 aromatic heterocycles. The second-order valence-corrected chi connectivity index (χ2v) is 4.35. The third-order valence-electron chi connectivity index (χ3n) is 1.45. The zero-order valence-electron chi connectivity index (χ0n) is 9.00. The van der Waals surface area contributed by atoms with Crippen LogP contribution in [0.25, 0.3) is 6.08 Å². The van der Waals surface area contributed by atoms with Gasteiger partial charge >= 0.3 is 37.2 Å². The molecule has 0 saturated carbocycles. The molecule has 0 aliphatic heterocycles. The normalized spacial score (nSPS) is 11.3. The molecule has 0 aliphatic rings. The van der Waals surface area contributed by atoms with Crippen molar-refractivity contribution in [3.05, 3.63) is 42.0 Å². The second kappa shape index (κ2) is 6.57. The standard InChI is InChI=1S/C9H11O3P.Na.H/c10-13(11,12)8-4-7-9-5-2-1-3-6-9;;/h1-7H,8H2,(H2,10,11,12);;/q;+1;-1/b7-4+;;. The number of rotatable bonds is 3. The Morgan fingerprint density at radius 1 is 1.29 bits per heavy atom. The molecule has 3 nitrogen and oxygen atoms in total. The molecule has 1 rings (SSSR count). The summed E-state index contributed by atoms with van der Waals surface area (Å²) in [5, 5.41) is 0.